The number of rotatable bonds is 4. The predicted octanol–water partition coefficient (Wildman–Crippen LogP) is 8.36. The Hall–Kier alpha value is -2.86. The van der Waals surface area contributed by atoms with Crippen LogP contribution in [0, 0.1) is 22.7 Å². The maximum atomic E-state index is 15.4. The summed E-state index contributed by atoms with van der Waals surface area (Å²) in [7, 11) is 1.30. The van der Waals surface area contributed by atoms with E-state index in [4.69, 9.17) is 14.2 Å². The molecule has 11 heteroatoms. The first kappa shape index (κ1) is 35.5. The third kappa shape index (κ3) is 5.27. The fourth-order valence-electron chi connectivity index (χ4n) is 10.1. The fourth-order valence-corrected chi connectivity index (χ4v) is 10.1. The summed E-state index contributed by atoms with van der Waals surface area (Å²) in [5.41, 5.74) is -2.06. The molecule has 6 atom stereocenters. The number of ether oxygens (including phenoxy) is 3. The molecule has 2 aromatic carbocycles. The lowest BCUT2D eigenvalue weighted by Crippen LogP contribution is -2.65. The van der Waals surface area contributed by atoms with Crippen molar-refractivity contribution in [2.75, 3.05) is 20.3 Å². The average Bonchev–Trinajstić information content (AvgIpc) is 3.36. The van der Waals surface area contributed by atoms with Crippen molar-refractivity contribution < 1.29 is 51.2 Å². The van der Waals surface area contributed by atoms with Crippen LogP contribution in [-0.4, -0.2) is 65.6 Å². The maximum Gasteiger partial charge on any atom is 0.456 e. The second-order valence-corrected chi connectivity index (χ2v) is 16.4. The van der Waals surface area contributed by atoms with E-state index < -0.39 is 58.7 Å². The van der Waals surface area contributed by atoms with Gasteiger partial charge < -0.3 is 24.4 Å². The number of methoxy groups -OCH3 is 1. The molecule has 1 aliphatic heterocycles. The lowest BCUT2D eigenvalue weighted by atomic mass is 9.49. The summed E-state index contributed by atoms with van der Waals surface area (Å²) in [6.07, 6.45) is -4.88. The predicted molar refractivity (Wildman–Crippen MR) is 174 cm³/mol. The Morgan fingerprint density at radius 2 is 1.46 bits per heavy atom. The minimum atomic E-state index is -5.92. The van der Waals surface area contributed by atoms with Gasteiger partial charge in [-0.1, -0.05) is 62.7 Å². The van der Waals surface area contributed by atoms with E-state index in [-0.39, 0.29) is 30.6 Å². The Balaban J connectivity index is 1.30. The van der Waals surface area contributed by atoms with Crippen LogP contribution in [0.2, 0.25) is 0 Å². The molecule has 2 aromatic rings. The van der Waals surface area contributed by atoms with Gasteiger partial charge in [0.1, 0.15) is 5.60 Å². The van der Waals surface area contributed by atoms with Crippen molar-refractivity contribution >= 4 is 5.97 Å². The van der Waals surface area contributed by atoms with Crippen molar-refractivity contribution in [2.24, 2.45) is 22.7 Å². The standard InChI is InChI=1S/C39H45F5O6/c1-33(2)21-49-36(50-22-33)17-14-30-31-27(13-16-35(30,46)20-36)29-15-18-37(47,38(40,41)39(42,43)44)34(29,3)19-28(31)25-9-5-23(6-10-25)24-7-11-26(12-8-24)32(45)48-4/h5-12,27-29,46-47H,13-22H2,1-4H3/t27?,28?,29-,34?,35+,37-/m0/s1. The number of carbonyl (C=O) groups excluding carboxylic acids is 1. The SMILES string of the molecule is COC(=O)c1ccc(-c2ccc(C3CC4(C)[C@@H](CC[C@@]4(O)C(F)(F)C(F)(F)F)C4CC[C@@]5(O)CC6(CCC5=C34)OCC(C)(C)CO6)cc2)cc1. The van der Waals surface area contributed by atoms with Gasteiger partial charge in [0.2, 0.25) is 0 Å². The van der Waals surface area contributed by atoms with Crippen molar-refractivity contribution in [1.82, 2.24) is 0 Å². The molecule has 7 rings (SSSR count). The number of hydrogen-bond donors (Lipinski definition) is 2. The molecule has 0 aromatic heterocycles. The van der Waals surface area contributed by atoms with Gasteiger partial charge in [0.15, 0.2) is 5.79 Å². The van der Waals surface area contributed by atoms with E-state index in [0.717, 1.165) is 22.3 Å². The maximum absolute atomic E-state index is 15.4. The Labute approximate surface area is 289 Å². The summed E-state index contributed by atoms with van der Waals surface area (Å²) in [4.78, 5) is 11.9. The van der Waals surface area contributed by atoms with Crippen LogP contribution in [0.5, 0.6) is 0 Å². The number of alkyl halides is 5. The zero-order chi connectivity index (χ0) is 36.1. The second kappa shape index (κ2) is 11.6. The molecule has 5 aliphatic rings. The zero-order valence-electron chi connectivity index (χ0n) is 28.8. The third-order valence-electron chi connectivity index (χ3n) is 12.8. The van der Waals surface area contributed by atoms with Gasteiger partial charge in [-0.15, -0.1) is 0 Å². The number of benzene rings is 2. The molecule has 1 saturated heterocycles. The second-order valence-electron chi connectivity index (χ2n) is 16.4. The fraction of sp³-hybridized carbons (Fsp3) is 0.615. The van der Waals surface area contributed by atoms with Crippen molar-refractivity contribution in [3.63, 3.8) is 0 Å². The first-order valence-electron chi connectivity index (χ1n) is 17.5. The molecule has 0 bridgehead atoms. The highest BCUT2D eigenvalue weighted by Gasteiger charge is 2.79. The van der Waals surface area contributed by atoms with Crippen LogP contribution in [0.1, 0.15) is 94.0 Å². The molecule has 3 unspecified atom stereocenters. The number of esters is 1. The van der Waals surface area contributed by atoms with Crippen LogP contribution < -0.4 is 0 Å². The summed E-state index contributed by atoms with van der Waals surface area (Å²) in [5.74, 6) is -8.36. The molecule has 50 heavy (non-hydrogen) atoms. The summed E-state index contributed by atoms with van der Waals surface area (Å²) in [6, 6.07) is 14.3. The quantitative estimate of drug-likeness (QED) is 0.189. The molecule has 272 valence electrons. The normalized spacial score (nSPS) is 34.9. The highest BCUT2D eigenvalue weighted by molar-refractivity contribution is 5.90. The van der Waals surface area contributed by atoms with Gasteiger partial charge >= 0.3 is 18.1 Å². The van der Waals surface area contributed by atoms with Crippen LogP contribution in [0.15, 0.2) is 59.7 Å². The smallest absolute Gasteiger partial charge is 0.456 e. The molecule has 3 saturated carbocycles. The number of carbonyl (C=O) groups is 1. The topological polar surface area (TPSA) is 85.2 Å². The molecule has 0 amide bonds. The van der Waals surface area contributed by atoms with Crippen LogP contribution in [-0.2, 0) is 14.2 Å². The molecule has 1 spiro atoms. The number of halogens is 5. The van der Waals surface area contributed by atoms with Crippen molar-refractivity contribution in [2.45, 2.75) is 107 Å². The zero-order valence-corrected chi connectivity index (χ0v) is 28.8. The minimum absolute atomic E-state index is 0.0248. The lowest BCUT2D eigenvalue weighted by Gasteiger charge is -2.59. The monoisotopic (exact) mass is 704 g/mol. The lowest BCUT2D eigenvalue weighted by molar-refractivity contribution is -0.362. The minimum Gasteiger partial charge on any atom is -0.465 e. The summed E-state index contributed by atoms with van der Waals surface area (Å²) in [6.45, 7) is 6.47. The summed E-state index contributed by atoms with van der Waals surface area (Å²) < 4.78 is 90.2. The summed E-state index contributed by atoms with van der Waals surface area (Å²) >= 11 is 0. The van der Waals surface area contributed by atoms with Gasteiger partial charge in [0.05, 0.1) is 31.5 Å². The number of aliphatic hydroxyl groups is 2. The Kier molecular flexibility index (Phi) is 8.22. The Morgan fingerprint density at radius 3 is 2.04 bits per heavy atom. The van der Waals surface area contributed by atoms with E-state index in [2.05, 4.69) is 0 Å². The van der Waals surface area contributed by atoms with Crippen LogP contribution in [0.3, 0.4) is 0 Å². The van der Waals surface area contributed by atoms with Crippen molar-refractivity contribution in [1.29, 1.82) is 0 Å². The molecule has 1 heterocycles. The van der Waals surface area contributed by atoms with Gasteiger partial charge in [0, 0.05) is 29.6 Å². The largest absolute Gasteiger partial charge is 0.465 e. The molecule has 4 aliphatic carbocycles. The Morgan fingerprint density at radius 1 is 0.860 bits per heavy atom. The first-order valence-corrected chi connectivity index (χ1v) is 17.5. The van der Waals surface area contributed by atoms with E-state index in [1.807, 2.05) is 38.1 Å². The molecular weight excluding hydrogens is 659 g/mol. The number of hydrogen-bond acceptors (Lipinski definition) is 6. The van der Waals surface area contributed by atoms with E-state index in [0.29, 0.717) is 50.0 Å². The Bertz CT molecular complexity index is 1670. The molecular formula is C39H45F5O6. The van der Waals surface area contributed by atoms with Gasteiger partial charge in [0.25, 0.3) is 0 Å². The molecule has 6 nitrogen and oxygen atoms in total. The molecule has 0 radical (unpaired) electrons. The highest BCUT2D eigenvalue weighted by atomic mass is 19.4. The van der Waals surface area contributed by atoms with Gasteiger partial charge in [-0.2, -0.15) is 22.0 Å². The van der Waals surface area contributed by atoms with E-state index >= 15 is 8.78 Å². The van der Waals surface area contributed by atoms with Gasteiger partial charge in [-0.3, -0.25) is 0 Å². The van der Waals surface area contributed by atoms with Crippen LogP contribution >= 0.6 is 0 Å². The highest BCUT2D eigenvalue weighted by Crippen LogP contribution is 2.71. The number of fused-ring (bicyclic) bond motifs is 4. The number of allylic oxidation sites excluding steroid dienone is 1. The van der Waals surface area contributed by atoms with Crippen LogP contribution in [0.4, 0.5) is 22.0 Å². The van der Waals surface area contributed by atoms with E-state index in [1.165, 1.54) is 14.0 Å². The molecule has 2 N–H and O–H groups in total. The van der Waals surface area contributed by atoms with Crippen LogP contribution in [0.25, 0.3) is 11.1 Å². The summed E-state index contributed by atoms with van der Waals surface area (Å²) in [5, 5.41) is 24.0. The third-order valence-corrected chi connectivity index (χ3v) is 12.8. The molecule has 4 fully saturated rings. The van der Waals surface area contributed by atoms with Crippen molar-refractivity contribution in [3.8, 4) is 11.1 Å². The van der Waals surface area contributed by atoms with E-state index in [9.17, 15) is 28.2 Å². The van der Waals surface area contributed by atoms with Gasteiger partial charge in [-0.05, 0) is 84.8 Å². The van der Waals surface area contributed by atoms with E-state index in [1.54, 1.807) is 24.3 Å². The first-order chi connectivity index (χ1) is 23.3. The van der Waals surface area contributed by atoms with Crippen molar-refractivity contribution in [3.05, 3.63) is 70.8 Å². The van der Waals surface area contributed by atoms with Gasteiger partial charge in [-0.25, -0.2) is 4.79 Å². The average molecular weight is 705 g/mol.